The maximum atomic E-state index is 9.74. The maximum Gasteiger partial charge on any atom is 0.194 e. The van der Waals surface area contributed by atoms with Crippen molar-refractivity contribution in [2.24, 2.45) is 4.99 Å². The van der Waals surface area contributed by atoms with Gasteiger partial charge in [0.1, 0.15) is 11.5 Å². The number of benzene rings is 1. The van der Waals surface area contributed by atoms with Gasteiger partial charge in [-0.05, 0) is 32.3 Å². The SMILES string of the molecule is CCNC(=NCCCc1cc2c(OC)cc(OC)cc2[nH]1)N1CC[C@@H](O)C1.I. The highest BCUT2D eigenvalue weighted by atomic mass is 127. The summed E-state index contributed by atoms with van der Waals surface area (Å²) in [5.74, 6) is 2.49. The summed E-state index contributed by atoms with van der Waals surface area (Å²) in [4.78, 5) is 10.3. The standard InChI is InChI=1S/C20H30N4O3.HI/c1-4-21-20(24-9-7-15(25)13-24)22-8-5-6-14-10-17-18(23-14)11-16(26-2)12-19(17)27-3;/h10-12,15,23,25H,4-9,13H2,1-3H3,(H,21,22);1H/t15-;/m1./s1. The predicted molar refractivity (Wildman–Crippen MR) is 123 cm³/mol. The van der Waals surface area contributed by atoms with E-state index in [-0.39, 0.29) is 30.1 Å². The number of H-pyrrole nitrogens is 1. The first-order valence-corrected chi connectivity index (χ1v) is 9.59. The predicted octanol–water partition coefficient (Wildman–Crippen LogP) is 2.77. The van der Waals surface area contributed by atoms with Crippen molar-refractivity contribution in [3.05, 3.63) is 23.9 Å². The first-order chi connectivity index (χ1) is 13.1. The molecule has 0 spiro atoms. The molecule has 28 heavy (non-hydrogen) atoms. The van der Waals surface area contributed by atoms with Gasteiger partial charge in [0.2, 0.25) is 0 Å². The molecular weight excluding hydrogens is 471 g/mol. The van der Waals surface area contributed by atoms with Crippen LogP contribution < -0.4 is 14.8 Å². The molecule has 156 valence electrons. The number of aromatic amines is 1. The fourth-order valence-electron chi connectivity index (χ4n) is 3.47. The van der Waals surface area contributed by atoms with E-state index in [0.29, 0.717) is 6.54 Å². The van der Waals surface area contributed by atoms with E-state index in [1.54, 1.807) is 14.2 Å². The van der Waals surface area contributed by atoms with Crippen molar-refractivity contribution < 1.29 is 14.6 Å². The van der Waals surface area contributed by atoms with Crippen molar-refractivity contribution in [2.45, 2.75) is 32.3 Å². The van der Waals surface area contributed by atoms with Gasteiger partial charge in [0.05, 0.1) is 25.8 Å². The highest BCUT2D eigenvalue weighted by Crippen LogP contribution is 2.31. The minimum absolute atomic E-state index is 0. The van der Waals surface area contributed by atoms with Crippen LogP contribution in [-0.2, 0) is 6.42 Å². The lowest BCUT2D eigenvalue weighted by atomic mass is 10.2. The minimum Gasteiger partial charge on any atom is -0.497 e. The van der Waals surface area contributed by atoms with Crippen LogP contribution in [0.2, 0.25) is 0 Å². The number of hydrogen-bond acceptors (Lipinski definition) is 4. The number of nitrogens with one attached hydrogen (secondary N) is 2. The average molecular weight is 502 g/mol. The molecule has 2 heterocycles. The first kappa shape index (κ1) is 22.6. The number of aliphatic imine (C=N–C) groups is 1. The molecule has 1 fully saturated rings. The monoisotopic (exact) mass is 502 g/mol. The highest BCUT2D eigenvalue weighted by molar-refractivity contribution is 14.0. The summed E-state index contributed by atoms with van der Waals surface area (Å²) >= 11 is 0. The summed E-state index contributed by atoms with van der Waals surface area (Å²) in [6, 6.07) is 6.03. The Balaban J connectivity index is 0.00000280. The van der Waals surface area contributed by atoms with Gasteiger partial charge in [-0.25, -0.2) is 0 Å². The second-order valence-electron chi connectivity index (χ2n) is 6.81. The van der Waals surface area contributed by atoms with Crippen LogP contribution >= 0.6 is 24.0 Å². The molecule has 3 N–H and O–H groups in total. The van der Waals surface area contributed by atoms with Gasteiger partial charge < -0.3 is 29.8 Å². The van der Waals surface area contributed by atoms with Crippen molar-refractivity contribution >= 4 is 40.8 Å². The number of fused-ring (bicyclic) bond motifs is 1. The van der Waals surface area contributed by atoms with E-state index in [1.807, 2.05) is 12.1 Å². The number of likely N-dealkylation sites (tertiary alicyclic amines) is 1. The molecule has 0 unspecified atom stereocenters. The van der Waals surface area contributed by atoms with E-state index in [4.69, 9.17) is 14.5 Å². The summed E-state index contributed by atoms with van der Waals surface area (Å²) in [6.07, 6.45) is 2.42. The number of hydrogen-bond donors (Lipinski definition) is 3. The third kappa shape index (κ3) is 5.44. The fourth-order valence-corrected chi connectivity index (χ4v) is 3.47. The van der Waals surface area contributed by atoms with E-state index in [1.165, 1.54) is 0 Å². The van der Waals surface area contributed by atoms with E-state index in [0.717, 1.165) is 73.0 Å². The molecule has 0 bridgehead atoms. The number of β-amino-alcohol motifs (C(OH)–C–C–N with tert-alkyl or cyclic N) is 1. The quantitative estimate of drug-likeness (QED) is 0.235. The molecule has 1 aromatic carbocycles. The Bertz CT molecular complexity index is 793. The van der Waals surface area contributed by atoms with E-state index < -0.39 is 0 Å². The van der Waals surface area contributed by atoms with Crippen molar-refractivity contribution in [1.29, 1.82) is 0 Å². The summed E-state index contributed by atoms with van der Waals surface area (Å²) in [7, 11) is 3.33. The fraction of sp³-hybridized carbons (Fsp3) is 0.550. The normalized spacial score (nSPS) is 16.9. The zero-order chi connectivity index (χ0) is 19.2. The average Bonchev–Trinajstić information content (AvgIpc) is 3.29. The summed E-state index contributed by atoms with van der Waals surface area (Å²) in [6.45, 7) is 5.15. The molecule has 1 aliphatic heterocycles. The molecule has 1 aromatic heterocycles. The number of guanidine groups is 1. The largest absolute Gasteiger partial charge is 0.497 e. The zero-order valence-corrected chi connectivity index (χ0v) is 19.2. The Morgan fingerprint density at radius 3 is 2.79 bits per heavy atom. The van der Waals surface area contributed by atoms with Crippen LogP contribution in [0.15, 0.2) is 23.2 Å². The molecule has 1 saturated heterocycles. The van der Waals surface area contributed by atoms with E-state index in [2.05, 4.69) is 28.2 Å². The third-order valence-corrected chi connectivity index (χ3v) is 4.85. The topological polar surface area (TPSA) is 82.1 Å². The van der Waals surface area contributed by atoms with Crippen molar-refractivity contribution in [3.8, 4) is 11.5 Å². The van der Waals surface area contributed by atoms with Crippen LogP contribution in [-0.4, -0.2) is 67.5 Å². The summed E-state index contributed by atoms with van der Waals surface area (Å²) in [5, 5.41) is 14.1. The minimum atomic E-state index is -0.243. The molecule has 1 atom stereocenters. The number of rotatable bonds is 7. The van der Waals surface area contributed by atoms with Crippen LogP contribution in [0.5, 0.6) is 11.5 Å². The number of nitrogens with zero attached hydrogens (tertiary/aromatic N) is 2. The van der Waals surface area contributed by atoms with Gasteiger partial charge >= 0.3 is 0 Å². The number of halogens is 1. The summed E-state index contributed by atoms with van der Waals surface area (Å²) < 4.78 is 10.8. The molecular formula is C20H31IN4O3. The van der Waals surface area contributed by atoms with Gasteiger partial charge in [-0.3, -0.25) is 4.99 Å². The Morgan fingerprint density at radius 1 is 1.32 bits per heavy atom. The van der Waals surface area contributed by atoms with Crippen LogP contribution in [0.1, 0.15) is 25.5 Å². The highest BCUT2D eigenvalue weighted by Gasteiger charge is 2.22. The third-order valence-electron chi connectivity index (χ3n) is 4.85. The Hall–Kier alpha value is -1.68. The molecule has 0 saturated carbocycles. The molecule has 0 aliphatic carbocycles. The molecule has 8 heteroatoms. The van der Waals surface area contributed by atoms with E-state index in [9.17, 15) is 5.11 Å². The van der Waals surface area contributed by atoms with Gasteiger partial charge in [0.25, 0.3) is 0 Å². The van der Waals surface area contributed by atoms with Crippen LogP contribution in [0.4, 0.5) is 0 Å². The Labute approximate surface area is 183 Å². The van der Waals surface area contributed by atoms with Crippen LogP contribution in [0.3, 0.4) is 0 Å². The van der Waals surface area contributed by atoms with Gasteiger partial charge in [-0.15, -0.1) is 24.0 Å². The number of aliphatic hydroxyl groups excluding tert-OH is 1. The van der Waals surface area contributed by atoms with Crippen LogP contribution in [0, 0.1) is 0 Å². The lowest BCUT2D eigenvalue weighted by molar-refractivity contribution is 0.188. The van der Waals surface area contributed by atoms with E-state index >= 15 is 0 Å². The van der Waals surface area contributed by atoms with Crippen molar-refractivity contribution in [2.75, 3.05) is 40.4 Å². The molecule has 7 nitrogen and oxygen atoms in total. The lowest BCUT2D eigenvalue weighted by Crippen LogP contribution is -2.40. The number of aromatic nitrogens is 1. The lowest BCUT2D eigenvalue weighted by Gasteiger charge is -2.20. The number of ether oxygens (including phenoxy) is 2. The number of aryl methyl sites for hydroxylation is 1. The first-order valence-electron chi connectivity index (χ1n) is 9.59. The molecule has 1 aliphatic rings. The number of methoxy groups -OCH3 is 2. The second-order valence-corrected chi connectivity index (χ2v) is 6.81. The molecule has 0 amide bonds. The van der Waals surface area contributed by atoms with Crippen molar-refractivity contribution in [1.82, 2.24) is 15.2 Å². The van der Waals surface area contributed by atoms with Gasteiger partial charge in [0, 0.05) is 49.4 Å². The van der Waals surface area contributed by atoms with Gasteiger partial charge in [-0.1, -0.05) is 0 Å². The molecule has 3 rings (SSSR count). The van der Waals surface area contributed by atoms with Gasteiger partial charge in [-0.2, -0.15) is 0 Å². The zero-order valence-electron chi connectivity index (χ0n) is 16.8. The van der Waals surface area contributed by atoms with Gasteiger partial charge in [0.15, 0.2) is 5.96 Å². The molecule has 2 aromatic rings. The maximum absolute atomic E-state index is 9.74. The van der Waals surface area contributed by atoms with Crippen LogP contribution in [0.25, 0.3) is 10.9 Å². The Morgan fingerprint density at radius 2 is 2.14 bits per heavy atom. The summed E-state index contributed by atoms with van der Waals surface area (Å²) in [5.41, 5.74) is 2.18. The Kier molecular flexibility index (Phi) is 8.68. The number of aliphatic hydroxyl groups is 1. The second kappa shape index (κ2) is 10.8. The molecule has 0 radical (unpaired) electrons. The van der Waals surface area contributed by atoms with Crippen molar-refractivity contribution in [3.63, 3.8) is 0 Å². The smallest absolute Gasteiger partial charge is 0.194 e.